The lowest BCUT2D eigenvalue weighted by atomic mass is 10.1. The van der Waals surface area contributed by atoms with Gasteiger partial charge in [0.1, 0.15) is 12.7 Å². The third-order valence-corrected chi connectivity index (χ3v) is 1.09. The van der Waals surface area contributed by atoms with E-state index >= 15 is 0 Å². The Morgan fingerprint density at radius 1 is 1.62 bits per heavy atom. The molecule has 0 aromatic carbocycles. The van der Waals surface area contributed by atoms with Crippen molar-refractivity contribution in [2.24, 2.45) is 11.0 Å². The fourth-order valence-electron chi connectivity index (χ4n) is 0.362. The van der Waals surface area contributed by atoms with Gasteiger partial charge in [0.25, 0.3) is 0 Å². The Bertz CT molecular complexity index is 72.8. The van der Waals surface area contributed by atoms with E-state index in [2.05, 4.69) is 5.11 Å². The number of hydrogen-bond acceptors (Lipinski definition) is 2. The summed E-state index contributed by atoms with van der Waals surface area (Å²) >= 11 is 0. The highest BCUT2D eigenvalue weighted by Crippen LogP contribution is 2.05. The largest absolute Gasteiger partial charge is 0.249 e. The van der Waals surface area contributed by atoms with Crippen LogP contribution in [0.25, 0.3) is 0 Å². The molecule has 1 atom stereocenters. The summed E-state index contributed by atoms with van der Waals surface area (Å²) in [5, 5.41) is 3.08. The fourth-order valence-corrected chi connectivity index (χ4v) is 0.362. The first-order chi connectivity index (χ1) is 3.72. The highest BCUT2D eigenvalue weighted by atomic mass is 19.1. The lowest BCUT2D eigenvalue weighted by Gasteiger charge is -2.07. The third-order valence-electron chi connectivity index (χ3n) is 1.09. The van der Waals surface area contributed by atoms with E-state index in [0.717, 1.165) is 0 Å². The zero-order valence-corrected chi connectivity index (χ0v) is 5.19. The van der Waals surface area contributed by atoms with Crippen molar-refractivity contribution in [1.82, 2.24) is 0 Å². The summed E-state index contributed by atoms with van der Waals surface area (Å²) in [6, 6.07) is -0.421. The maximum absolute atomic E-state index is 11.7. The van der Waals surface area contributed by atoms with Crippen LogP contribution in [0.1, 0.15) is 13.8 Å². The van der Waals surface area contributed by atoms with Crippen LogP contribution in [0.15, 0.2) is 5.11 Å². The first-order valence-electron chi connectivity index (χ1n) is 2.65. The van der Waals surface area contributed by atoms with Crippen molar-refractivity contribution in [1.29, 1.82) is 5.53 Å². The Morgan fingerprint density at radius 3 is 2.12 bits per heavy atom. The third kappa shape index (κ3) is 2.00. The minimum absolute atomic E-state index is 0.150. The average Bonchev–Trinajstić information content (AvgIpc) is 1.69. The first-order valence-corrected chi connectivity index (χ1v) is 2.65. The molecule has 0 saturated heterocycles. The minimum atomic E-state index is -0.513. The summed E-state index contributed by atoms with van der Waals surface area (Å²) in [6.07, 6.45) is 0. The van der Waals surface area contributed by atoms with E-state index in [0.29, 0.717) is 0 Å². The maximum Gasteiger partial charge on any atom is 0.114 e. The Kier molecular flexibility index (Phi) is 3.31. The highest BCUT2D eigenvalue weighted by molar-refractivity contribution is 4.64. The molecule has 1 N–H and O–H groups in total. The van der Waals surface area contributed by atoms with Gasteiger partial charge in [-0.1, -0.05) is 13.8 Å². The predicted octanol–water partition coefficient (Wildman–Crippen LogP) is 2.01. The van der Waals surface area contributed by atoms with Gasteiger partial charge in [0.2, 0.25) is 0 Å². The van der Waals surface area contributed by atoms with Gasteiger partial charge in [0, 0.05) is 0 Å². The van der Waals surface area contributed by atoms with E-state index in [4.69, 9.17) is 5.53 Å². The molecule has 1 unspecified atom stereocenters. The van der Waals surface area contributed by atoms with Crippen molar-refractivity contribution in [2.75, 3.05) is 6.67 Å². The van der Waals surface area contributed by atoms with E-state index in [1.54, 1.807) is 0 Å². The molecule has 0 saturated carbocycles. The molecule has 0 aliphatic carbocycles. The fraction of sp³-hybridized carbons (Fsp3) is 1.00. The van der Waals surface area contributed by atoms with Gasteiger partial charge in [0.05, 0.1) is 0 Å². The molecule has 2 nitrogen and oxygen atoms in total. The van der Waals surface area contributed by atoms with Gasteiger partial charge < -0.3 is 0 Å². The van der Waals surface area contributed by atoms with Crippen LogP contribution < -0.4 is 0 Å². The van der Waals surface area contributed by atoms with Crippen LogP contribution in [0.5, 0.6) is 0 Å². The molecule has 0 heterocycles. The Labute approximate surface area is 48.6 Å². The van der Waals surface area contributed by atoms with Crippen LogP contribution in [0, 0.1) is 11.4 Å². The van der Waals surface area contributed by atoms with Gasteiger partial charge in [-0.15, -0.1) is 0 Å². The zero-order valence-electron chi connectivity index (χ0n) is 5.19. The SMILES string of the molecule is CC(C)C(CF)N=N. The quantitative estimate of drug-likeness (QED) is 0.550. The normalized spacial score (nSPS) is 14.0. The smallest absolute Gasteiger partial charge is 0.114 e. The standard InChI is InChI=1S/C5H11FN2/c1-4(2)5(3-6)8-7/h4-5,7H,3H2,1-2H3. The summed E-state index contributed by atoms with van der Waals surface area (Å²) in [5.74, 6) is 0.150. The first kappa shape index (κ1) is 7.53. The molecule has 0 aliphatic heterocycles. The molecule has 0 rings (SSSR count). The van der Waals surface area contributed by atoms with Crippen LogP contribution >= 0.6 is 0 Å². The van der Waals surface area contributed by atoms with Crippen molar-refractivity contribution < 1.29 is 4.39 Å². The summed E-state index contributed by atoms with van der Waals surface area (Å²) in [7, 11) is 0. The molecule has 3 heteroatoms. The van der Waals surface area contributed by atoms with Crippen molar-refractivity contribution in [3.8, 4) is 0 Å². The number of rotatable bonds is 3. The van der Waals surface area contributed by atoms with Crippen LogP contribution in [0.3, 0.4) is 0 Å². The van der Waals surface area contributed by atoms with Crippen LogP contribution in [0.2, 0.25) is 0 Å². The van der Waals surface area contributed by atoms with Gasteiger partial charge in [-0.2, -0.15) is 5.11 Å². The second-order valence-corrected chi connectivity index (χ2v) is 2.09. The van der Waals surface area contributed by atoms with Gasteiger partial charge in [-0.05, 0) is 5.92 Å². The molecular formula is C5H11FN2. The van der Waals surface area contributed by atoms with Crippen LogP contribution in [-0.2, 0) is 0 Å². The van der Waals surface area contributed by atoms with E-state index in [-0.39, 0.29) is 5.92 Å². The van der Waals surface area contributed by atoms with Crippen LogP contribution in [0.4, 0.5) is 4.39 Å². The van der Waals surface area contributed by atoms with E-state index in [1.165, 1.54) is 0 Å². The number of alkyl halides is 1. The molecular weight excluding hydrogens is 107 g/mol. The van der Waals surface area contributed by atoms with Crippen LogP contribution in [-0.4, -0.2) is 12.7 Å². The van der Waals surface area contributed by atoms with Crippen molar-refractivity contribution in [3.63, 3.8) is 0 Å². The average molecular weight is 118 g/mol. The van der Waals surface area contributed by atoms with Crippen molar-refractivity contribution in [2.45, 2.75) is 19.9 Å². The molecule has 0 aromatic heterocycles. The van der Waals surface area contributed by atoms with Gasteiger partial charge >= 0.3 is 0 Å². The lowest BCUT2D eigenvalue weighted by Crippen LogP contribution is -2.13. The Balaban J connectivity index is 3.51. The monoisotopic (exact) mass is 118 g/mol. The molecule has 0 aliphatic rings. The number of hydrogen-bond donors (Lipinski definition) is 1. The molecule has 0 bridgehead atoms. The molecule has 0 amide bonds. The van der Waals surface area contributed by atoms with Crippen molar-refractivity contribution >= 4 is 0 Å². The summed E-state index contributed by atoms with van der Waals surface area (Å²) in [5.41, 5.74) is 6.48. The molecule has 0 spiro atoms. The maximum atomic E-state index is 11.7. The number of nitrogens with zero attached hydrogens (tertiary/aromatic N) is 1. The summed E-state index contributed by atoms with van der Waals surface area (Å²) in [6.45, 7) is 3.19. The highest BCUT2D eigenvalue weighted by Gasteiger charge is 2.09. The topological polar surface area (TPSA) is 36.2 Å². The van der Waals surface area contributed by atoms with Gasteiger partial charge in [0.15, 0.2) is 0 Å². The van der Waals surface area contributed by atoms with E-state index in [9.17, 15) is 4.39 Å². The summed E-state index contributed by atoms with van der Waals surface area (Å²) in [4.78, 5) is 0. The Morgan fingerprint density at radius 2 is 2.12 bits per heavy atom. The second kappa shape index (κ2) is 3.52. The second-order valence-electron chi connectivity index (χ2n) is 2.09. The molecule has 0 fully saturated rings. The predicted molar refractivity (Wildman–Crippen MR) is 29.7 cm³/mol. The molecule has 8 heavy (non-hydrogen) atoms. The Hall–Kier alpha value is -0.470. The molecule has 48 valence electrons. The minimum Gasteiger partial charge on any atom is -0.249 e. The molecule has 0 aromatic rings. The number of nitrogens with one attached hydrogen (secondary N) is 1. The van der Waals surface area contributed by atoms with Gasteiger partial charge in [-0.25, -0.2) is 9.92 Å². The lowest BCUT2D eigenvalue weighted by molar-refractivity contribution is 0.353. The van der Waals surface area contributed by atoms with E-state index in [1.807, 2.05) is 13.8 Å². The van der Waals surface area contributed by atoms with Gasteiger partial charge in [-0.3, -0.25) is 0 Å². The van der Waals surface area contributed by atoms with E-state index < -0.39 is 12.7 Å². The molecule has 0 radical (unpaired) electrons. The summed E-state index contributed by atoms with van der Waals surface area (Å²) < 4.78 is 11.7. The number of halogens is 1. The zero-order chi connectivity index (χ0) is 6.57. The van der Waals surface area contributed by atoms with Crippen molar-refractivity contribution in [3.05, 3.63) is 0 Å².